The number of hydrogen-bond acceptors (Lipinski definition) is 3. The first-order valence-corrected chi connectivity index (χ1v) is 11.0. The van der Waals surface area contributed by atoms with E-state index < -0.39 is 0 Å². The second kappa shape index (κ2) is 10.9. The van der Waals surface area contributed by atoms with Crippen LogP contribution in [-0.2, 0) is 16.0 Å². The summed E-state index contributed by atoms with van der Waals surface area (Å²) in [5.41, 5.74) is 7.97. The summed E-state index contributed by atoms with van der Waals surface area (Å²) in [4.78, 5) is 13.0. The van der Waals surface area contributed by atoms with Crippen LogP contribution < -0.4 is 11.1 Å². The van der Waals surface area contributed by atoms with Crippen LogP contribution in [0, 0.1) is 11.7 Å². The van der Waals surface area contributed by atoms with Crippen LogP contribution in [-0.4, -0.2) is 25.2 Å². The zero-order valence-corrected chi connectivity index (χ0v) is 18.1. The number of hydrogen-bond donors (Lipinski definition) is 2. The molecule has 0 aliphatic carbocycles. The fourth-order valence-electron chi connectivity index (χ4n) is 4.09. The van der Waals surface area contributed by atoms with E-state index in [1.165, 1.54) is 6.07 Å². The Hall–Kier alpha value is -1.95. The normalized spacial score (nSPS) is 16.8. The Morgan fingerprint density at radius 1 is 1.23 bits per heavy atom. The lowest BCUT2D eigenvalue weighted by Gasteiger charge is -2.30. The number of rotatable bonds is 8. The van der Waals surface area contributed by atoms with E-state index in [9.17, 15) is 9.18 Å². The van der Waals surface area contributed by atoms with E-state index in [2.05, 4.69) is 5.32 Å². The van der Waals surface area contributed by atoms with E-state index in [-0.39, 0.29) is 23.7 Å². The molecule has 0 aromatic heterocycles. The van der Waals surface area contributed by atoms with Crippen molar-refractivity contribution in [3.05, 3.63) is 64.4 Å². The van der Waals surface area contributed by atoms with Gasteiger partial charge in [0, 0.05) is 41.9 Å². The van der Waals surface area contributed by atoms with Crippen LogP contribution in [0.1, 0.15) is 49.7 Å². The number of nitrogens with two attached hydrogens (primary N) is 1. The maximum Gasteiger partial charge on any atom is 0.225 e. The number of carbonyl (C=O) groups is 1. The van der Waals surface area contributed by atoms with E-state index in [1.807, 2.05) is 31.2 Å². The molecule has 0 saturated carbocycles. The highest BCUT2D eigenvalue weighted by molar-refractivity contribution is 6.30. The lowest BCUT2D eigenvalue weighted by Crippen LogP contribution is -2.26. The topological polar surface area (TPSA) is 64.3 Å². The van der Waals surface area contributed by atoms with Gasteiger partial charge in [-0.2, -0.15) is 0 Å². The summed E-state index contributed by atoms with van der Waals surface area (Å²) in [6.07, 6.45) is 3.30. The SMILES string of the molecule is C[C@@H](N)CCc1c(F)cccc1NC(=O)CC(c1ccc(Cl)cc1)C1CCOCC1. The van der Waals surface area contributed by atoms with Gasteiger partial charge in [-0.05, 0) is 74.3 Å². The van der Waals surface area contributed by atoms with Crippen molar-refractivity contribution in [2.75, 3.05) is 18.5 Å². The smallest absolute Gasteiger partial charge is 0.225 e. The van der Waals surface area contributed by atoms with Gasteiger partial charge in [-0.25, -0.2) is 4.39 Å². The first-order chi connectivity index (χ1) is 14.4. The Morgan fingerprint density at radius 3 is 2.60 bits per heavy atom. The molecule has 1 fully saturated rings. The molecule has 3 N–H and O–H groups in total. The number of anilines is 1. The lowest BCUT2D eigenvalue weighted by atomic mass is 9.79. The van der Waals surface area contributed by atoms with Crippen molar-refractivity contribution in [3.63, 3.8) is 0 Å². The van der Waals surface area contributed by atoms with E-state index >= 15 is 0 Å². The van der Waals surface area contributed by atoms with Gasteiger partial charge in [-0.15, -0.1) is 0 Å². The maximum atomic E-state index is 14.4. The fraction of sp³-hybridized carbons (Fsp3) is 0.458. The van der Waals surface area contributed by atoms with Crippen molar-refractivity contribution in [3.8, 4) is 0 Å². The van der Waals surface area contributed by atoms with E-state index in [0.29, 0.717) is 54.7 Å². The molecular weight excluding hydrogens is 403 g/mol. The highest BCUT2D eigenvalue weighted by Gasteiger charge is 2.28. The van der Waals surface area contributed by atoms with Gasteiger partial charge in [0.25, 0.3) is 0 Å². The van der Waals surface area contributed by atoms with Gasteiger partial charge >= 0.3 is 0 Å². The second-order valence-corrected chi connectivity index (χ2v) is 8.58. The summed E-state index contributed by atoms with van der Waals surface area (Å²) in [5, 5.41) is 3.62. The standard InChI is InChI=1S/C24H30ClFN2O2/c1-16(27)5-10-20-22(26)3-2-4-23(20)28-24(29)15-21(18-11-13-30-14-12-18)17-6-8-19(25)9-7-17/h2-4,6-9,16,18,21H,5,10-15,27H2,1H3,(H,28,29)/t16-,21?/m1/s1. The van der Waals surface area contributed by atoms with Crippen molar-refractivity contribution in [1.82, 2.24) is 0 Å². The molecule has 30 heavy (non-hydrogen) atoms. The number of halogens is 2. The third kappa shape index (κ3) is 6.27. The van der Waals surface area contributed by atoms with Crippen LogP contribution in [0.4, 0.5) is 10.1 Å². The minimum Gasteiger partial charge on any atom is -0.381 e. The summed E-state index contributed by atoms with van der Waals surface area (Å²) < 4.78 is 19.9. The first kappa shape index (κ1) is 22.7. The molecule has 1 heterocycles. The van der Waals surface area contributed by atoms with Crippen molar-refractivity contribution in [2.24, 2.45) is 11.7 Å². The highest BCUT2D eigenvalue weighted by atomic mass is 35.5. The number of benzene rings is 2. The van der Waals surface area contributed by atoms with Crippen LogP contribution in [0.5, 0.6) is 0 Å². The van der Waals surface area contributed by atoms with Gasteiger partial charge in [0.05, 0.1) is 0 Å². The maximum absolute atomic E-state index is 14.4. The molecule has 1 saturated heterocycles. The molecule has 1 aliphatic heterocycles. The largest absolute Gasteiger partial charge is 0.381 e. The Morgan fingerprint density at radius 2 is 1.93 bits per heavy atom. The molecule has 1 amide bonds. The zero-order valence-electron chi connectivity index (χ0n) is 17.4. The Labute approximate surface area is 182 Å². The third-order valence-corrected chi connectivity index (χ3v) is 6.03. The number of amides is 1. The Kier molecular flexibility index (Phi) is 8.25. The molecule has 0 radical (unpaired) electrons. The van der Waals surface area contributed by atoms with E-state index in [4.69, 9.17) is 22.1 Å². The molecular formula is C24H30ClFN2O2. The molecule has 0 spiro atoms. The van der Waals surface area contributed by atoms with Gasteiger partial charge in [-0.3, -0.25) is 4.79 Å². The quantitative estimate of drug-likeness (QED) is 0.595. The second-order valence-electron chi connectivity index (χ2n) is 8.14. The molecule has 162 valence electrons. The molecule has 1 aliphatic rings. The summed E-state index contributed by atoms with van der Waals surface area (Å²) >= 11 is 6.06. The van der Waals surface area contributed by atoms with Crippen LogP contribution in [0.3, 0.4) is 0 Å². The molecule has 2 atom stereocenters. The first-order valence-electron chi connectivity index (χ1n) is 10.6. The third-order valence-electron chi connectivity index (χ3n) is 5.78. The molecule has 6 heteroatoms. The van der Waals surface area contributed by atoms with Gasteiger partial charge in [-0.1, -0.05) is 29.8 Å². The van der Waals surface area contributed by atoms with Crippen molar-refractivity contribution in [2.45, 2.75) is 51.0 Å². The molecule has 3 rings (SSSR count). The number of nitrogens with one attached hydrogen (secondary N) is 1. The van der Waals surface area contributed by atoms with Crippen LogP contribution in [0.15, 0.2) is 42.5 Å². The molecule has 0 bridgehead atoms. The molecule has 2 aromatic rings. The van der Waals surface area contributed by atoms with Crippen LogP contribution >= 0.6 is 11.6 Å². The van der Waals surface area contributed by atoms with Crippen LogP contribution in [0.25, 0.3) is 0 Å². The van der Waals surface area contributed by atoms with Gasteiger partial charge in [0.2, 0.25) is 5.91 Å². The minimum absolute atomic E-state index is 0.0315. The summed E-state index contributed by atoms with van der Waals surface area (Å²) in [7, 11) is 0. The van der Waals surface area contributed by atoms with Crippen LogP contribution in [0.2, 0.25) is 5.02 Å². The Balaban J connectivity index is 1.76. The summed E-state index contributed by atoms with van der Waals surface area (Å²) in [5.74, 6) is -0.01000. The Bertz CT molecular complexity index is 836. The van der Waals surface area contributed by atoms with Crippen molar-refractivity contribution < 1.29 is 13.9 Å². The van der Waals surface area contributed by atoms with Crippen molar-refractivity contribution >= 4 is 23.2 Å². The van der Waals surface area contributed by atoms with Gasteiger partial charge < -0.3 is 15.8 Å². The predicted octanol–water partition coefficient (Wildman–Crippen LogP) is 5.30. The van der Waals surface area contributed by atoms with Crippen molar-refractivity contribution in [1.29, 1.82) is 0 Å². The number of carbonyl (C=O) groups excluding carboxylic acids is 1. The molecule has 4 nitrogen and oxygen atoms in total. The lowest BCUT2D eigenvalue weighted by molar-refractivity contribution is -0.117. The minimum atomic E-state index is -0.313. The molecule has 1 unspecified atom stereocenters. The molecule has 2 aromatic carbocycles. The average molecular weight is 433 g/mol. The zero-order chi connectivity index (χ0) is 21.5. The van der Waals surface area contributed by atoms with E-state index in [0.717, 1.165) is 18.4 Å². The number of ether oxygens (including phenoxy) is 1. The summed E-state index contributed by atoms with van der Waals surface area (Å²) in [6, 6.07) is 12.5. The van der Waals surface area contributed by atoms with Gasteiger partial charge in [0.1, 0.15) is 5.82 Å². The predicted molar refractivity (Wildman–Crippen MR) is 119 cm³/mol. The summed E-state index contributed by atoms with van der Waals surface area (Å²) in [6.45, 7) is 3.31. The average Bonchev–Trinajstić information content (AvgIpc) is 2.73. The fourth-order valence-corrected chi connectivity index (χ4v) is 4.21. The van der Waals surface area contributed by atoms with Gasteiger partial charge in [0.15, 0.2) is 0 Å². The monoisotopic (exact) mass is 432 g/mol. The van der Waals surface area contributed by atoms with E-state index in [1.54, 1.807) is 12.1 Å². The highest BCUT2D eigenvalue weighted by Crippen LogP contribution is 2.36.